The Morgan fingerprint density at radius 1 is 0.973 bits per heavy atom. The van der Waals surface area contributed by atoms with Crippen molar-refractivity contribution in [2.75, 3.05) is 6.61 Å². The molecular formula is C23H32N6O8. The standard InChI is InChI=1S/C23H32N6O8/c1-11(31)19(25)22(35)27-15(6-7-18(24)32)20(33)28-16(21(34)29-17(10-30)23(36)37)8-12-9-26-14-5-3-2-4-13(12)14/h2-5,9,11,15-17,19,26,30-31H,6-8,10,25H2,1H3,(H2,24,32)(H,27,35)(H,28,33)(H,29,34)(H,36,37). The quantitative estimate of drug-likeness (QED) is 0.125. The van der Waals surface area contributed by atoms with Crippen LogP contribution in [0.15, 0.2) is 30.5 Å². The molecule has 2 rings (SSSR count). The number of rotatable bonds is 14. The Morgan fingerprint density at radius 3 is 2.16 bits per heavy atom. The van der Waals surface area contributed by atoms with Gasteiger partial charge in [-0.15, -0.1) is 0 Å². The number of carboxylic acids is 1. The Balaban J connectivity index is 2.32. The lowest BCUT2D eigenvalue weighted by Crippen LogP contribution is -2.58. The van der Waals surface area contributed by atoms with Gasteiger partial charge in [0.05, 0.1) is 12.7 Å². The molecule has 5 unspecified atom stereocenters. The van der Waals surface area contributed by atoms with Crippen molar-refractivity contribution in [1.82, 2.24) is 20.9 Å². The molecule has 0 aliphatic carbocycles. The Labute approximate surface area is 211 Å². The van der Waals surface area contributed by atoms with Gasteiger partial charge >= 0.3 is 5.97 Å². The molecule has 14 nitrogen and oxygen atoms in total. The minimum atomic E-state index is -1.62. The maximum Gasteiger partial charge on any atom is 0.328 e. The zero-order valence-electron chi connectivity index (χ0n) is 20.1. The number of aliphatic hydroxyl groups is 2. The first-order chi connectivity index (χ1) is 17.4. The van der Waals surface area contributed by atoms with Crippen LogP contribution in [0.4, 0.5) is 0 Å². The molecule has 0 bridgehead atoms. The maximum absolute atomic E-state index is 13.1. The monoisotopic (exact) mass is 520 g/mol. The van der Waals surface area contributed by atoms with Crippen molar-refractivity contribution in [3.8, 4) is 0 Å². The number of carboxylic acid groups (broad SMARTS) is 1. The van der Waals surface area contributed by atoms with E-state index in [0.29, 0.717) is 5.56 Å². The van der Waals surface area contributed by atoms with E-state index in [-0.39, 0.29) is 19.3 Å². The van der Waals surface area contributed by atoms with Gasteiger partial charge in [-0.1, -0.05) is 18.2 Å². The zero-order valence-corrected chi connectivity index (χ0v) is 20.1. The summed E-state index contributed by atoms with van der Waals surface area (Å²) in [6, 6.07) is 1.50. The molecule has 1 aromatic carbocycles. The minimum Gasteiger partial charge on any atom is -0.480 e. The van der Waals surface area contributed by atoms with Gasteiger partial charge in [-0.2, -0.15) is 0 Å². The van der Waals surface area contributed by atoms with Crippen molar-refractivity contribution < 1.29 is 39.3 Å². The number of hydrogen-bond donors (Lipinski definition) is 9. The molecule has 11 N–H and O–H groups in total. The van der Waals surface area contributed by atoms with Crippen LogP contribution >= 0.6 is 0 Å². The molecule has 1 aromatic heterocycles. The summed E-state index contributed by atoms with van der Waals surface area (Å²) in [4.78, 5) is 64.2. The van der Waals surface area contributed by atoms with Gasteiger partial charge < -0.3 is 47.7 Å². The van der Waals surface area contributed by atoms with Gasteiger partial charge in [0.15, 0.2) is 0 Å². The van der Waals surface area contributed by atoms with E-state index in [1.165, 1.54) is 6.92 Å². The van der Waals surface area contributed by atoms with Crippen molar-refractivity contribution in [1.29, 1.82) is 0 Å². The summed E-state index contributed by atoms with van der Waals surface area (Å²) in [6.07, 6.45) is -0.191. The van der Waals surface area contributed by atoms with E-state index in [1.807, 2.05) is 0 Å². The van der Waals surface area contributed by atoms with Crippen LogP contribution in [0.2, 0.25) is 0 Å². The van der Waals surface area contributed by atoms with Gasteiger partial charge in [-0.25, -0.2) is 4.79 Å². The number of aliphatic carboxylic acids is 1. The van der Waals surface area contributed by atoms with E-state index in [9.17, 15) is 39.3 Å². The van der Waals surface area contributed by atoms with E-state index >= 15 is 0 Å². The number of nitrogens with one attached hydrogen (secondary N) is 4. The number of carbonyl (C=O) groups is 5. The van der Waals surface area contributed by atoms with Crippen molar-refractivity contribution in [2.45, 2.75) is 56.5 Å². The summed E-state index contributed by atoms with van der Waals surface area (Å²) < 4.78 is 0. The molecule has 5 atom stereocenters. The molecule has 0 aliphatic rings. The van der Waals surface area contributed by atoms with Crippen LogP contribution < -0.4 is 27.4 Å². The molecule has 37 heavy (non-hydrogen) atoms. The maximum atomic E-state index is 13.1. The average Bonchev–Trinajstić information content (AvgIpc) is 3.26. The van der Waals surface area contributed by atoms with Gasteiger partial charge in [-0.3, -0.25) is 19.2 Å². The number of aromatic amines is 1. The van der Waals surface area contributed by atoms with Crippen molar-refractivity contribution in [3.05, 3.63) is 36.0 Å². The smallest absolute Gasteiger partial charge is 0.328 e. The fourth-order valence-electron chi connectivity index (χ4n) is 3.50. The molecule has 0 radical (unpaired) electrons. The average molecular weight is 521 g/mol. The fourth-order valence-corrected chi connectivity index (χ4v) is 3.50. The highest BCUT2D eigenvalue weighted by molar-refractivity contribution is 5.95. The third-order valence-electron chi connectivity index (χ3n) is 5.66. The molecule has 4 amide bonds. The van der Waals surface area contributed by atoms with Crippen LogP contribution in [0.3, 0.4) is 0 Å². The summed E-state index contributed by atoms with van der Waals surface area (Å²) in [5.41, 5.74) is 12.2. The largest absolute Gasteiger partial charge is 0.480 e. The Morgan fingerprint density at radius 2 is 1.57 bits per heavy atom. The SMILES string of the molecule is CC(O)C(N)C(=O)NC(CCC(N)=O)C(=O)NC(Cc1c[nH]c2ccccc12)C(=O)NC(CO)C(=O)O. The van der Waals surface area contributed by atoms with E-state index < -0.39 is 66.5 Å². The summed E-state index contributed by atoms with van der Waals surface area (Å²) in [5, 5.41) is 35.8. The van der Waals surface area contributed by atoms with Crippen LogP contribution in [0.1, 0.15) is 25.3 Å². The summed E-state index contributed by atoms with van der Waals surface area (Å²) >= 11 is 0. The lowest BCUT2D eigenvalue weighted by atomic mass is 10.0. The number of carbonyl (C=O) groups excluding carboxylic acids is 4. The van der Waals surface area contributed by atoms with Crippen LogP contribution in [0, 0.1) is 0 Å². The number of nitrogens with two attached hydrogens (primary N) is 2. The molecule has 202 valence electrons. The first kappa shape index (κ1) is 29.2. The molecule has 14 heteroatoms. The molecule has 0 fully saturated rings. The summed E-state index contributed by atoms with van der Waals surface area (Å²) in [5.74, 6) is -4.87. The van der Waals surface area contributed by atoms with E-state index in [2.05, 4.69) is 20.9 Å². The van der Waals surface area contributed by atoms with Gasteiger partial charge in [0.25, 0.3) is 0 Å². The van der Waals surface area contributed by atoms with Gasteiger partial charge in [0.2, 0.25) is 23.6 Å². The number of para-hydroxylation sites is 1. The lowest BCUT2D eigenvalue weighted by Gasteiger charge is -2.25. The van der Waals surface area contributed by atoms with E-state index in [1.54, 1.807) is 30.5 Å². The first-order valence-electron chi connectivity index (χ1n) is 11.5. The second-order valence-corrected chi connectivity index (χ2v) is 8.54. The fraction of sp³-hybridized carbons (Fsp3) is 0.435. The molecule has 0 saturated carbocycles. The van der Waals surface area contributed by atoms with Crippen LogP contribution in [0.25, 0.3) is 10.9 Å². The number of aromatic nitrogens is 1. The number of fused-ring (bicyclic) bond motifs is 1. The number of benzene rings is 1. The molecule has 2 aromatic rings. The third-order valence-corrected chi connectivity index (χ3v) is 5.66. The lowest BCUT2D eigenvalue weighted by molar-refractivity contribution is -0.143. The van der Waals surface area contributed by atoms with Crippen LogP contribution in [-0.2, 0) is 30.4 Å². The Hall–Kier alpha value is -4.01. The number of amides is 4. The third kappa shape index (κ3) is 8.27. The first-order valence-corrected chi connectivity index (χ1v) is 11.5. The summed E-state index contributed by atoms with van der Waals surface area (Å²) in [6.45, 7) is 0.397. The Bertz CT molecular complexity index is 1130. The van der Waals surface area contributed by atoms with Crippen molar-refractivity contribution >= 4 is 40.5 Å². The number of primary amides is 1. The second-order valence-electron chi connectivity index (χ2n) is 8.54. The molecule has 1 heterocycles. The number of aliphatic hydroxyl groups excluding tert-OH is 2. The van der Waals surface area contributed by atoms with Crippen LogP contribution in [-0.4, -0.2) is 86.8 Å². The van der Waals surface area contributed by atoms with Gasteiger partial charge in [0.1, 0.15) is 24.2 Å². The minimum absolute atomic E-state index is 0.0803. The highest BCUT2D eigenvalue weighted by atomic mass is 16.4. The highest BCUT2D eigenvalue weighted by Crippen LogP contribution is 2.19. The normalized spacial score (nSPS) is 15.1. The molecular weight excluding hydrogens is 488 g/mol. The zero-order chi connectivity index (χ0) is 27.7. The van der Waals surface area contributed by atoms with E-state index in [4.69, 9.17) is 11.5 Å². The Kier molecular flexibility index (Phi) is 10.5. The van der Waals surface area contributed by atoms with E-state index in [0.717, 1.165) is 10.9 Å². The second kappa shape index (κ2) is 13.3. The predicted molar refractivity (Wildman–Crippen MR) is 131 cm³/mol. The highest BCUT2D eigenvalue weighted by Gasteiger charge is 2.31. The number of H-pyrrole nitrogens is 1. The van der Waals surface area contributed by atoms with Crippen molar-refractivity contribution in [3.63, 3.8) is 0 Å². The number of hydrogen-bond acceptors (Lipinski definition) is 8. The molecule has 0 saturated heterocycles. The predicted octanol–water partition coefficient (Wildman–Crippen LogP) is -2.78. The van der Waals surface area contributed by atoms with Crippen molar-refractivity contribution in [2.24, 2.45) is 11.5 Å². The molecule has 0 spiro atoms. The van der Waals surface area contributed by atoms with Crippen LogP contribution in [0.5, 0.6) is 0 Å². The van der Waals surface area contributed by atoms with Gasteiger partial charge in [-0.05, 0) is 25.0 Å². The topological polar surface area (TPSA) is 250 Å². The van der Waals surface area contributed by atoms with Gasteiger partial charge in [0, 0.05) is 29.9 Å². The molecule has 0 aliphatic heterocycles. The summed E-state index contributed by atoms with van der Waals surface area (Å²) in [7, 11) is 0.